The molecule has 1 aromatic heterocycles. The molecule has 0 bridgehead atoms. The molecule has 0 aliphatic carbocycles. The Labute approximate surface area is 168 Å². The van der Waals surface area contributed by atoms with Crippen LogP contribution in [-0.4, -0.2) is 32.8 Å². The zero-order valence-corrected chi connectivity index (χ0v) is 17.7. The first-order valence-corrected chi connectivity index (χ1v) is 12.7. The van der Waals surface area contributed by atoms with Crippen molar-refractivity contribution in [3.63, 3.8) is 0 Å². The molecule has 1 heterocycles. The molecule has 1 radical (unpaired) electrons. The van der Waals surface area contributed by atoms with Crippen molar-refractivity contribution in [3.8, 4) is 11.5 Å². The lowest BCUT2D eigenvalue weighted by Gasteiger charge is -2.08. The standard InChI is InChI=1S/C21H24BN4OSi/c1-27-22-24-14-17-5-8-19(9-6-17)25-21-23-15-18-13-16(7-10-20(18)26-21)11-12-28(2,3)4/h5-10,13,15,24H,14H2,1-4H3,(H,23,25,26). The van der Waals surface area contributed by atoms with Crippen LogP contribution in [0, 0.1) is 11.5 Å². The fourth-order valence-corrected chi connectivity index (χ4v) is 3.03. The molecule has 0 unspecified atom stereocenters. The fraction of sp³-hybridized carbons (Fsp3) is 0.238. The fourth-order valence-electron chi connectivity index (χ4n) is 2.51. The largest absolute Gasteiger partial charge is 0.427 e. The molecule has 0 amide bonds. The third kappa shape index (κ3) is 5.93. The Morgan fingerprint density at radius 3 is 2.61 bits per heavy atom. The maximum Gasteiger partial charge on any atom is 0.395 e. The highest BCUT2D eigenvalue weighted by molar-refractivity contribution is 6.83. The SMILES string of the molecule is CO[B]NCc1ccc(Nc2ncc3cc(C#C[Si](C)(C)C)ccc3n2)cc1. The Bertz CT molecular complexity index is 1010. The van der Waals surface area contributed by atoms with Crippen molar-refractivity contribution in [3.05, 3.63) is 59.8 Å². The van der Waals surface area contributed by atoms with Crippen LogP contribution in [0.5, 0.6) is 0 Å². The Balaban J connectivity index is 1.71. The van der Waals surface area contributed by atoms with Crippen molar-refractivity contribution in [2.24, 2.45) is 0 Å². The van der Waals surface area contributed by atoms with Gasteiger partial charge in [-0.15, -0.1) is 5.54 Å². The first kappa shape index (κ1) is 20.1. The van der Waals surface area contributed by atoms with Crippen LogP contribution >= 0.6 is 0 Å². The van der Waals surface area contributed by atoms with E-state index in [2.05, 4.69) is 51.6 Å². The van der Waals surface area contributed by atoms with Crippen LogP contribution in [0.2, 0.25) is 19.6 Å². The van der Waals surface area contributed by atoms with Crippen LogP contribution in [0.4, 0.5) is 11.6 Å². The zero-order valence-electron chi connectivity index (χ0n) is 16.7. The van der Waals surface area contributed by atoms with E-state index in [9.17, 15) is 0 Å². The summed E-state index contributed by atoms with van der Waals surface area (Å²) in [7, 11) is 1.80. The molecule has 0 atom stereocenters. The molecule has 5 nitrogen and oxygen atoms in total. The van der Waals surface area contributed by atoms with E-state index in [4.69, 9.17) is 4.65 Å². The Morgan fingerprint density at radius 2 is 1.89 bits per heavy atom. The van der Waals surface area contributed by atoms with Crippen LogP contribution in [-0.2, 0) is 11.2 Å². The normalized spacial score (nSPS) is 11.0. The van der Waals surface area contributed by atoms with Gasteiger partial charge in [-0.25, -0.2) is 9.97 Å². The minimum absolute atomic E-state index is 0.576. The van der Waals surface area contributed by atoms with E-state index in [-0.39, 0.29) is 0 Å². The molecule has 7 heteroatoms. The number of benzene rings is 2. The van der Waals surface area contributed by atoms with Crippen LogP contribution < -0.4 is 10.5 Å². The quantitative estimate of drug-likeness (QED) is 0.382. The Kier molecular flexibility index (Phi) is 6.47. The van der Waals surface area contributed by atoms with Gasteiger partial charge in [-0.05, 0) is 35.9 Å². The average Bonchev–Trinajstić information content (AvgIpc) is 2.67. The maximum absolute atomic E-state index is 4.87. The lowest BCUT2D eigenvalue weighted by Crippen LogP contribution is -2.19. The summed E-state index contributed by atoms with van der Waals surface area (Å²) in [4.78, 5) is 9.05. The van der Waals surface area contributed by atoms with E-state index >= 15 is 0 Å². The van der Waals surface area contributed by atoms with E-state index in [1.54, 1.807) is 14.7 Å². The van der Waals surface area contributed by atoms with Gasteiger partial charge < -0.3 is 15.2 Å². The molecule has 141 valence electrons. The van der Waals surface area contributed by atoms with Crippen LogP contribution in [0.15, 0.2) is 48.7 Å². The van der Waals surface area contributed by atoms with Crippen molar-refractivity contribution in [1.29, 1.82) is 0 Å². The molecule has 2 N–H and O–H groups in total. The summed E-state index contributed by atoms with van der Waals surface area (Å²) in [5, 5.41) is 7.30. The lowest BCUT2D eigenvalue weighted by atomic mass is 10.1. The number of anilines is 2. The number of aromatic nitrogens is 2. The number of fused-ring (bicyclic) bond motifs is 1. The molecule has 0 aliphatic heterocycles. The van der Waals surface area contributed by atoms with E-state index in [1.807, 2.05) is 48.7 Å². The molecule has 3 aromatic rings. The minimum atomic E-state index is -1.39. The maximum atomic E-state index is 4.87. The van der Waals surface area contributed by atoms with Crippen molar-refractivity contribution < 1.29 is 4.65 Å². The van der Waals surface area contributed by atoms with Gasteiger partial charge in [0.05, 0.1) is 5.52 Å². The van der Waals surface area contributed by atoms with Gasteiger partial charge in [0.2, 0.25) is 5.95 Å². The molecular formula is C21H24BN4OSi. The van der Waals surface area contributed by atoms with Gasteiger partial charge in [0, 0.05) is 36.5 Å². The van der Waals surface area contributed by atoms with Crippen molar-refractivity contribution in [1.82, 2.24) is 15.2 Å². The van der Waals surface area contributed by atoms with Gasteiger partial charge in [0.15, 0.2) is 0 Å². The summed E-state index contributed by atoms with van der Waals surface area (Å²) >= 11 is 0. The van der Waals surface area contributed by atoms with Crippen LogP contribution in [0.1, 0.15) is 11.1 Å². The highest BCUT2D eigenvalue weighted by atomic mass is 28.3. The number of nitrogens with zero attached hydrogens (tertiary/aromatic N) is 2. The van der Waals surface area contributed by atoms with Gasteiger partial charge in [-0.1, -0.05) is 37.7 Å². The summed E-state index contributed by atoms with van der Waals surface area (Å²) in [6, 6.07) is 14.2. The summed E-state index contributed by atoms with van der Waals surface area (Å²) in [6.45, 7) is 7.43. The van der Waals surface area contributed by atoms with Gasteiger partial charge in [0.1, 0.15) is 8.07 Å². The molecule has 2 aromatic carbocycles. The van der Waals surface area contributed by atoms with Crippen molar-refractivity contribution in [2.75, 3.05) is 12.4 Å². The third-order valence-corrected chi connectivity index (χ3v) is 4.75. The molecule has 3 rings (SSSR count). The van der Waals surface area contributed by atoms with Crippen molar-refractivity contribution in [2.45, 2.75) is 26.2 Å². The summed E-state index contributed by atoms with van der Waals surface area (Å²) in [5.41, 5.74) is 7.39. The summed E-state index contributed by atoms with van der Waals surface area (Å²) < 4.78 is 4.87. The van der Waals surface area contributed by atoms with Gasteiger partial charge >= 0.3 is 7.62 Å². The third-order valence-electron chi connectivity index (χ3n) is 3.88. The second-order valence-electron chi connectivity index (χ2n) is 7.52. The first-order chi connectivity index (χ1) is 13.4. The van der Waals surface area contributed by atoms with E-state index < -0.39 is 8.07 Å². The highest BCUT2D eigenvalue weighted by Crippen LogP contribution is 2.18. The lowest BCUT2D eigenvalue weighted by molar-refractivity contribution is 0.430. The molecule has 28 heavy (non-hydrogen) atoms. The Morgan fingerprint density at radius 1 is 1.11 bits per heavy atom. The van der Waals surface area contributed by atoms with E-state index in [0.29, 0.717) is 12.5 Å². The van der Waals surface area contributed by atoms with Gasteiger partial charge in [-0.3, -0.25) is 0 Å². The Hall–Kier alpha value is -2.66. The molecule has 0 aliphatic rings. The van der Waals surface area contributed by atoms with Gasteiger partial charge in [0.25, 0.3) is 0 Å². The van der Waals surface area contributed by atoms with E-state index in [0.717, 1.165) is 27.7 Å². The highest BCUT2D eigenvalue weighted by Gasteiger charge is 2.08. The second kappa shape index (κ2) is 9.02. The van der Waals surface area contributed by atoms with Crippen LogP contribution in [0.25, 0.3) is 10.9 Å². The number of hydrogen-bond acceptors (Lipinski definition) is 5. The van der Waals surface area contributed by atoms with E-state index in [1.165, 1.54) is 0 Å². The van der Waals surface area contributed by atoms with Crippen LogP contribution in [0.3, 0.4) is 0 Å². The smallest absolute Gasteiger partial charge is 0.395 e. The molecule has 0 saturated heterocycles. The minimum Gasteiger partial charge on any atom is -0.427 e. The molecule has 0 saturated carbocycles. The first-order valence-electron chi connectivity index (χ1n) is 9.17. The number of rotatable bonds is 6. The predicted molar refractivity (Wildman–Crippen MR) is 119 cm³/mol. The second-order valence-corrected chi connectivity index (χ2v) is 12.3. The summed E-state index contributed by atoms with van der Waals surface area (Å²) in [6.07, 6.45) is 1.84. The zero-order chi connectivity index (χ0) is 20.0. The average molecular weight is 387 g/mol. The molecule has 0 spiro atoms. The topological polar surface area (TPSA) is 59.1 Å². The summed E-state index contributed by atoms with van der Waals surface area (Å²) in [5.74, 6) is 3.86. The predicted octanol–water partition coefficient (Wildman–Crippen LogP) is 3.87. The monoisotopic (exact) mass is 387 g/mol. The van der Waals surface area contributed by atoms with Gasteiger partial charge in [-0.2, -0.15) is 0 Å². The van der Waals surface area contributed by atoms with Crippen molar-refractivity contribution >= 4 is 38.2 Å². The molecule has 0 fully saturated rings. The number of hydrogen-bond donors (Lipinski definition) is 2. The number of nitrogens with one attached hydrogen (secondary N) is 2. The molecular weight excluding hydrogens is 363 g/mol.